The second kappa shape index (κ2) is 5.68. The topological polar surface area (TPSA) is 58.2 Å². The van der Waals surface area contributed by atoms with Gasteiger partial charge in [-0.05, 0) is 40.3 Å². The highest BCUT2D eigenvalue weighted by molar-refractivity contribution is 7.90. The van der Waals surface area contributed by atoms with Crippen LogP contribution in [0.4, 0.5) is 0 Å². The van der Waals surface area contributed by atoms with Crippen LogP contribution in [-0.2, 0) is 10.0 Å². The molecule has 0 spiro atoms. The van der Waals surface area contributed by atoms with Gasteiger partial charge >= 0.3 is 0 Å². The molecule has 0 aliphatic rings. The molecule has 4 nitrogen and oxygen atoms in total. The lowest BCUT2D eigenvalue weighted by atomic mass is 10.3. The van der Waals surface area contributed by atoms with Crippen LogP contribution in [0.1, 0.15) is 34.1 Å². The van der Waals surface area contributed by atoms with Crippen LogP contribution in [0.15, 0.2) is 0 Å². The molecule has 14 heavy (non-hydrogen) atoms. The second-order valence-electron chi connectivity index (χ2n) is 4.22. The third-order valence-corrected chi connectivity index (χ3v) is 4.08. The van der Waals surface area contributed by atoms with E-state index in [0.29, 0.717) is 6.54 Å². The zero-order chi connectivity index (χ0) is 11.2. The Balaban J connectivity index is 3.80. The van der Waals surface area contributed by atoms with Crippen LogP contribution in [-0.4, -0.2) is 32.8 Å². The fraction of sp³-hybridized carbons (Fsp3) is 1.00. The van der Waals surface area contributed by atoms with Crippen molar-refractivity contribution in [2.45, 2.75) is 38.9 Å². The molecule has 0 amide bonds. The standard InChI is InChI=1S/C9H22N2O2S/c1-5-10-7-6-8-11-14(12,13)9(2,3)4/h10-11H,5-8H2,1-4H3. The molecule has 0 aliphatic heterocycles. The summed E-state index contributed by atoms with van der Waals surface area (Å²) < 4.78 is 25.0. The van der Waals surface area contributed by atoms with E-state index in [1.807, 2.05) is 6.92 Å². The third kappa shape index (κ3) is 4.93. The Morgan fingerprint density at radius 3 is 2.14 bits per heavy atom. The van der Waals surface area contributed by atoms with Crippen LogP contribution in [0.5, 0.6) is 0 Å². The van der Waals surface area contributed by atoms with Crippen molar-refractivity contribution in [1.29, 1.82) is 0 Å². The quantitative estimate of drug-likeness (QED) is 0.651. The minimum atomic E-state index is -3.16. The molecule has 2 N–H and O–H groups in total. The maximum absolute atomic E-state index is 11.6. The molecule has 0 atom stereocenters. The zero-order valence-electron chi connectivity index (χ0n) is 9.55. The minimum Gasteiger partial charge on any atom is -0.317 e. The van der Waals surface area contributed by atoms with Gasteiger partial charge in [0, 0.05) is 6.54 Å². The van der Waals surface area contributed by atoms with Crippen molar-refractivity contribution in [3.8, 4) is 0 Å². The minimum absolute atomic E-state index is 0.507. The molecule has 0 aromatic rings. The highest BCUT2D eigenvalue weighted by Gasteiger charge is 2.27. The van der Waals surface area contributed by atoms with E-state index in [-0.39, 0.29) is 0 Å². The van der Waals surface area contributed by atoms with Crippen molar-refractivity contribution < 1.29 is 8.42 Å². The van der Waals surface area contributed by atoms with Gasteiger partial charge in [-0.25, -0.2) is 13.1 Å². The van der Waals surface area contributed by atoms with Gasteiger partial charge in [-0.2, -0.15) is 0 Å². The Morgan fingerprint density at radius 1 is 1.14 bits per heavy atom. The van der Waals surface area contributed by atoms with Crippen LogP contribution in [0, 0.1) is 0 Å². The molecule has 0 rings (SSSR count). The van der Waals surface area contributed by atoms with Crippen LogP contribution in [0.25, 0.3) is 0 Å². The first-order chi connectivity index (χ1) is 6.31. The Bertz CT molecular complexity index is 242. The third-order valence-electron chi connectivity index (χ3n) is 1.88. The molecular weight excluding hydrogens is 200 g/mol. The molecule has 0 aliphatic carbocycles. The zero-order valence-corrected chi connectivity index (χ0v) is 10.4. The van der Waals surface area contributed by atoms with Crippen molar-refractivity contribution >= 4 is 10.0 Å². The first-order valence-electron chi connectivity index (χ1n) is 5.01. The van der Waals surface area contributed by atoms with E-state index in [1.165, 1.54) is 0 Å². The number of sulfonamides is 1. The van der Waals surface area contributed by atoms with Gasteiger partial charge in [0.05, 0.1) is 4.75 Å². The van der Waals surface area contributed by atoms with E-state index < -0.39 is 14.8 Å². The van der Waals surface area contributed by atoms with E-state index in [0.717, 1.165) is 19.5 Å². The van der Waals surface area contributed by atoms with Crippen molar-refractivity contribution in [3.05, 3.63) is 0 Å². The monoisotopic (exact) mass is 222 g/mol. The summed E-state index contributed by atoms with van der Waals surface area (Å²) in [6.07, 6.45) is 0.823. The Morgan fingerprint density at radius 2 is 1.71 bits per heavy atom. The molecule has 0 saturated carbocycles. The maximum atomic E-state index is 11.6. The number of nitrogens with one attached hydrogen (secondary N) is 2. The summed E-state index contributed by atoms with van der Waals surface area (Å²) in [6.45, 7) is 9.39. The predicted octanol–water partition coefficient (Wildman–Crippen LogP) is 0.704. The molecule has 0 saturated heterocycles. The fourth-order valence-corrected chi connectivity index (χ4v) is 1.66. The average molecular weight is 222 g/mol. The number of rotatable bonds is 6. The van der Waals surface area contributed by atoms with Crippen LogP contribution < -0.4 is 10.0 Å². The molecule has 5 heteroatoms. The second-order valence-corrected chi connectivity index (χ2v) is 6.74. The van der Waals surface area contributed by atoms with Gasteiger partial charge in [0.1, 0.15) is 0 Å². The van der Waals surface area contributed by atoms with E-state index in [2.05, 4.69) is 10.0 Å². The molecular formula is C9H22N2O2S. The average Bonchev–Trinajstić information content (AvgIpc) is 2.02. The van der Waals surface area contributed by atoms with Gasteiger partial charge in [0.2, 0.25) is 10.0 Å². The predicted molar refractivity (Wildman–Crippen MR) is 59.8 cm³/mol. The summed E-state index contributed by atoms with van der Waals surface area (Å²) >= 11 is 0. The van der Waals surface area contributed by atoms with Gasteiger partial charge < -0.3 is 5.32 Å². The molecule has 0 fully saturated rings. The highest BCUT2D eigenvalue weighted by atomic mass is 32.2. The van der Waals surface area contributed by atoms with E-state index in [4.69, 9.17) is 0 Å². The van der Waals surface area contributed by atoms with Crippen molar-refractivity contribution in [2.24, 2.45) is 0 Å². The molecule has 0 aromatic carbocycles. The summed E-state index contributed by atoms with van der Waals surface area (Å²) in [7, 11) is -3.16. The Hall–Kier alpha value is -0.130. The molecule has 0 unspecified atom stereocenters. The summed E-state index contributed by atoms with van der Waals surface area (Å²) in [5, 5.41) is 3.14. The van der Waals surface area contributed by atoms with Gasteiger partial charge in [-0.3, -0.25) is 0 Å². The first kappa shape index (κ1) is 13.9. The van der Waals surface area contributed by atoms with Crippen molar-refractivity contribution in [2.75, 3.05) is 19.6 Å². The molecule has 0 heterocycles. The van der Waals surface area contributed by atoms with E-state index in [1.54, 1.807) is 20.8 Å². The number of hydrogen-bond acceptors (Lipinski definition) is 3. The largest absolute Gasteiger partial charge is 0.317 e. The van der Waals surface area contributed by atoms with E-state index in [9.17, 15) is 8.42 Å². The van der Waals surface area contributed by atoms with Crippen molar-refractivity contribution in [3.63, 3.8) is 0 Å². The summed E-state index contributed by atoms with van der Waals surface area (Å²) in [6, 6.07) is 0. The first-order valence-corrected chi connectivity index (χ1v) is 6.49. The Kier molecular flexibility index (Phi) is 5.63. The summed E-state index contributed by atoms with van der Waals surface area (Å²) in [4.78, 5) is 0. The molecule has 0 bridgehead atoms. The van der Waals surface area contributed by atoms with Gasteiger partial charge in [0.25, 0.3) is 0 Å². The fourth-order valence-electron chi connectivity index (χ4n) is 0.813. The maximum Gasteiger partial charge on any atom is 0.216 e. The smallest absolute Gasteiger partial charge is 0.216 e. The lowest BCUT2D eigenvalue weighted by molar-refractivity contribution is 0.541. The molecule has 0 aromatic heterocycles. The van der Waals surface area contributed by atoms with Crippen molar-refractivity contribution in [1.82, 2.24) is 10.0 Å². The lowest BCUT2D eigenvalue weighted by Gasteiger charge is -2.19. The number of hydrogen-bond donors (Lipinski definition) is 2. The SMILES string of the molecule is CCNCCCNS(=O)(=O)C(C)(C)C. The normalized spacial score (nSPS) is 13.1. The van der Waals surface area contributed by atoms with Crippen LogP contribution in [0.2, 0.25) is 0 Å². The van der Waals surface area contributed by atoms with Crippen LogP contribution >= 0.6 is 0 Å². The van der Waals surface area contributed by atoms with Gasteiger partial charge in [-0.1, -0.05) is 6.92 Å². The summed E-state index contributed by atoms with van der Waals surface area (Å²) in [5.74, 6) is 0. The highest BCUT2D eigenvalue weighted by Crippen LogP contribution is 2.12. The van der Waals surface area contributed by atoms with Crippen LogP contribution in [0.3, 0.4) is 0 Å². The molecule has 86 valence electrons. The van der Waals surface area contributed by atoms with Gasteiger partial charge in [0.15, 0.2) is 0 Å². The lowest BCUT2D eigenvalue weighted by Crippen LogP contribution is -2.40. The van der Waals surface area contributed by atoms with E-state index >= 15 is 0 Å². The van der Waals surface area contributed by atoms with Gasteiger partial charge in [-0.15, -0.1) is 0 Å². The molecule has 0 radical (unpaired) electrons. The Labute approximate surface area is 87.5 Å². The summed E-state index contributed by atoms with van der Waals surface area (Å²) in [5.41, 5.74) is 0.